The summed E-state index contributed by atoms with van der Waals surface area (Å²) in [5.74, 6) is -0.697. The van der Waals surface area contributed by atoms with Crippen LogP contribution in [0.15, 0.2) is 18.2 Å². The van der Waals surface area contributed by atoms with Gasteiger partial charge in [0.05, 0.1) is 10.9 Å². The molecule has 1 unspecified atom stereocenters. The fraction of sp³-hybridized carbons (Fsp3) is 0.400. The first-order chi connectivity index (χ1) is 7.86. The van der Waals surface area contributed by atoms with Crippen molar-refractivity contribution in [3.63, 3.8) is 0 Å². The van der Waals surface area contributed by atoms with Crippen LogP contribution in [0.3, 0.4) is 0 Å². The van der Waals surface area contributed by atoms with Crippen LogP contribution in [0.25, 0.3) is 0 Å². The van der Waals surface area contributed by atoms with E-state index in [0.29, 0.717) is 0 Å². The van der Waals surface area contributed by atoms with Crippen LogP contribution in [0.1, 0.15) is 6.92 Å². The lowest BCUT2D eigenvalue weighted by molar-refractivity contribution is 0.582. The predicted octanol–water partition coefficient (Wildman–Crippen LogP) is 1.83. The molecule has 0 aliphatic rings. The third-order valence-electron chi connectivity index (χ3n) is 2.20. The largest absolute Gasteiger partial charge is 0.318 e. The molecular weight excluding hydrogens is 267 g/mol. The van der Waals surface area contributed by atoms with E-state index in [2.05, 4.69) is 10.0 Å². The highest BCUT2D eigenvalue weighted by molar-refractivity contribution is 7.93. The summed E-state index contributed by atoms with van der Waals surface area (Å²) in [6.07, 6.45) is 0. The zero-order valence-corrected chi connectivity index (χ0v) is 11.1. The monoisotopic (exact) mass is 280 g/mol. The van der Waals surface area contributed by atoms with E-state index in [9.17, 15) is 12.8 Å². The molecule has 4 nitrogen and oxygen atoms in total. The van der Waals surface area contributed by atoms with Gasteiger partial charge in [0, 0.05) is 11.6 Å². The van der Waals surface area contributed by atoms with Gasteiger partial charge >= 0.3 is 0 Å². The maximum atomic E-state index is 13.4. The number of nitrogens with one attached hydrogen (secondary N) is 2. The first-order valence-electron chi connectivity index (χ1n) is 4.98. The third-order valence-corrected chi connectivity index (χ3v) is 4.17. The molecule has 7 heteroatoms. The fourth-order valence-electron chi connectivity index (χ4n) is 1.22. The Morgan fingerprint density at radius 3 is 2.65 bits per heavy atom. The van der Waals surface area contributed by atoms with E-state index >= 15 is 0 Å². The Morgan fingerprint density at radius 1 is 1.47 bits per heavy atom. The highest BCUT2D eigenvalue weighted by Crippen LogP contribution is 2.20. The molecule has 0 saturated carbocycles. The Kier molecular flexibility index (Phi) is 4.73. The van der Waals surface area contributed by atoms with Crippen molar-refractivity contribution in [1.29, 1.82) is 0 Å². The second-order valence-corrected chi connectivity index (χ2v) is 6.17. The zero-order valence-electron chi connectivity index (χ0n) is 9.50. The van der Waals surface area contributed by atoms with Crippen molar-refractivity contribution in [1.82, 2.24) is 5.32 Å². The minimum absolute atomic E-state index is 0.0997. The normalized spacial score (nSPS) is 13.4. The van der Waals surface area contributed by atoms with Crippen LogP contribution >= 0.6 is 11.6 Å². The van der Waals surface area contributed by atoms with Crippen LogP contribution in [0.5, 0.6) is 0 Å². The molecule has 0 radical (unpaired) electrons. The van der Waals surface area contributed by atoms with Gasteiger partial charge in [0.25, 0.3) is 0 Å². The second kappa shape index (κ2) is 5.66. The molecule has 0 spiro atoms. The maximum Gasteiger partial charge on any atom is 0.236 e. The van der Waals surface area contributed by atoms with E-state index < -0.39 is 21.1 Å². The van der Waals surface area contributed by atoms with Gasteiger partial charge < -0.3 is 5.32 Å². The molecule has 17 heavy (non-hydrogen) atoms. The zero-order chi connectivity index (χ0) is 13.1. The summed E-state index contributed by atoms with van der Waals surface area (Å²) >= 11 is 5.57. The molecule has 0 bridgehead atoms. The molecule has 2 N–H and O–H groups in total. The number of hydrogen-bond acceptors (Lipinski definition) is 3. The molecule has 1 aromatic rings. The van der Waals surface area contributed by atoms with Gasteiger partial charge in [-0.05, 0) is 32.2 Å². The van der Waals surface area contributed by atoms with E-state index in [1.165, 1.54) is 19.1 Å². The average molecular weight is 281 g/mol. The Bertz CT molecular complexity index is 493. The molecule has 0 saturated heterocycles. The van der Waals surface area contributed by atoms with Crippen LogP contribution in [0.2, 0.25) is 5.02 Å². The molecule has 1 atom stereocenters. The fourth-order valence-corrected chi connectivity index (χ4v) is 2.44. The van der Waals surface area contributed by atoms with E-state index in [4.69, 9.17) is 11.6 Å². The highest BCUT2D eigenvalue weighted by Gasteiger charge is 2.21. The minimum atomic E-state index is -3.61. The quantitative estimate of drug-likeness (QED) is 0.865. The lowest BCUT2D eigenvalue weighted by Gasteiger charge is -2.14. The van der Waals surface area contributed by atoms with Crippen molar-refractivity contribution in [2.75, 3.05) is 18.3 Å². The van der Waals surface area contributed by atoms with Crippen molar-refractivity contribution in [2.45, 2.75) is 12.2 Å². The summed E-state index contributed by atoms with van der Waals surface area (Å²) in [5, 5.41) is 2.30. The molecule has 0 aliphatic heterocycles. The topological polar surface area (TPSA) is 58.2 Å². The SMILES string of the molecule is CNCC(C)S(=O)(=O)Nc1ccc(Cl)cc1F. The Hall–Kier alpha value is -0.850. The molecule has 96 valence electrons. The minimum Gasteiger partial charge on any atom is -0.318 e. The van der Waals surface area contributed by atoms with Crippen molar-refractivity contribution in [2.24, 2.45) is 0 Å². The van der Waals surface area contributed by atoms with Crippen LogP contribution in [0, 0.1) is 5.82 Å². The van der Waals surface area contributed by atoms with Gasteiger partial charge in [-0.25, -0.2) is 12.8 Å². The van der Waals surface area contributed by atoms with E-state index in [0.717, 1.165) is 6.07 Å². The van der Waals surface area contributed by atoms with Crippen molar-refractivity contribution in [3.8, 4) is 0 Å². The standard InChI is InChI=1S/C10H14ClFN2O2S/c1-7(6-13-2)17(15,16)14-10-4-3-8(11)5-9(10)12/h3-5,7,13-14H,6H2,1-2H3. The predicted molar refractivity (Wildman–Crippen MR) is 67.3 cm³/mol. The smallest absolute Gasteiger partial charge is 0.236 e. The van der Waals surface area contributed by atoms with Crippen LogP contribution in [-0.2, 0) is 10.0 Å². The molecule has 0 heterocycles. The molecular formula is C10H14ClFN2O2S. The molecule has 1 rings (SSSR count). The Morgan fingerprint density at radius 2 is 2.12 bits per heavy atom. The first-order valence-corrected chi connectivity index (χ1v) is 6.90. The van der Waals surface area contributed by atoms with Crippen LogP contribution in [0.4, 0.5) is 10.1 Å². The van der Waals surface area contributed by atoms with E-state index in [-0.39, 0.29) is 17.3 Å². The number of rotatable bonds is 5. The first kappa shape index (κ1) is 14.2. The number of anilines is 1. The van der Waals surface area contributed by atoms with Gasteiger partial charge in [0.1, 0.15) is 5.82 Å². The van der Waals surface area contributed by atoms with Gasteiger partial charge in [-0.15, -0.1) is 0 Å². The highest BCUT2D eigenvalue weighted by atomic mass is 35.5. The van der Waals surface area contributed by atoms with Crippen molar-refractivity contribution >= 4 is 27.3 Å². The molecule has 1 aromatic carbocycles. The van der Waals surface area contributed by atoms with Gasteiger partial charge in [0.15, 0.2) is 0 Å². The van der Waals surface area contributed by atoms with E-state index in [1.807, 2.05) is 0 Å². The summed E-state index contributed by atoms with van der Waals surface area (Å²) in [6, 6.07) is 3.77. The Balaban J connectivity index is 2.90. The number of hydrogen-bond donors (Lipinski definition) is 2. The summed E-state index contributed by atoms with van der Waals surface area (Å²) in [4.78, 5) is 0. The number of sulfonamides is 1. The lowest BCUT2D eigenvalue weighted by Crippen LogP contribution is -2.33. The molecule has 0 aliphatic carbocycles. The van der Waals surface area contributed by atoms with Crippen molar-refractivity contribution in [3.05, 3.63) is 29.0 Å². The lowest BCUT2D eigenvalue weighted by atomic mass is 10.3. The summed E-state index contributed by atoms with van der Waals surface area (Å²) < 4.78 is 39.2. The molecule has 0 amide bonds. The Labute approximate surface area is 105 Å². The molecule has 0 fully saturated rings. The van der Waals surface area contributed by atoms with Gasteiger partial charge in [-0.1, -0.05) is 11.6 Å². The van der Waals surface area contributed by atoms with Gasteiger partial charge in [-0.2, -0.15) is 0 Å². The second-order valence-electron chi connectivity index (χ2n) is 3.64. The van der Waals surface area contributed by atoms with Crippen molar-refractivity contribution < 1.29 is 12.8 Å². The summed E-state index contributed by atoms with van der Waals surface area (Å²) in [7, 11) is -1.96. The summed E-state index contributed by atoms with van der Waals surface area (Å²) in [6.45, 7) is 1.82. The molecule has 0 aromatic heterocycles. The maximum absolute atomic E-state index is 13.4. The average Bonchev–Trinajstić information content (AvgIpc) is 2.22. The number of halogens is 2. The van der Waals surface area contributed by atoms with Gasteiger partial charge in [0.2, 0.25) is 10.0 Å². The third kappa shape index (κ3) is 3.83. The van der Waals surface area contributed by atoms with Crippen LogP contribution < -0.4 is 10.0 Å². The van der Waals surface area contributed by atoms with Gasteiger partial charge in [-0.3, -0.25) is 4.72 Å². The summed E-state index contributed by atoms with van der Waals surface area (Å²) in [5.41, 5.74) is -0.0997. The van der Waals surface area contributed by atoms with Crippen LogP contribution in [-0.4, -0.2) is 27.3 Å². The number of benzene rings is 1. The van der Waals surface area contributed by atoms with E-state index in [1.54, 1.807) is 7.05 Å².